The average molecular weight is 278 g/mol. The van der Waals surface area contributed by atoms with Gasteiger partial charge in [0.2, 0.25) is 0 Å². The molecule has 0 heterocycles. The third-order valence-corrected chi connectivity index (χ3v) is 2.58. The van der Waals surface area contributed by atoms with Crippen molar-refractivity contribution in [1.82, 2.24) is 10.6 Å². The number of rotatable bonds is 7. The first-order valence-electron chi connectivity index (χ1n) is 5.99. The third-order valence-electron chi connectivity index (χ3n) is 2.39. The molecular formula is C14H16ClN3O. The fraction of sp³-hybridized carbons (Fsp3) is 0.286. The summed E-state index contributed by atoms with van der Waals surface area (Å²) in [5.41, 5.74) is 1.20. The van der Waals surface area contributed by atoms with Crippen LogP contribution in [0.4, 0.5) is 0 Å². The summed E-state index contributed by atoms with van der Waals surface area (Å²) in [5, 5.41) is 14.4. The van der Waals surface area contributed by atoms with Crippen LogP contribution < -0.4 is 10.6 Å². The van der Waals surface area contributed by atoms with Crippen LogP contribution in [0.3, 0.4) is 0 Å². The first-order valence-corrected chi connectivity index (χ1v) is 6.53. The fourth-order valence-corrected chi connectivity index (χ4v) is 1.55. The number of nitrogens with one attached hydrogen (secondary N) is 2. The number of nitrogens with zero attached hydrogens (tertiary/aromatic N) is 1. The minimum absolute atomic E-state index is 0.0539. The minimum Gasteiger partial charge on any atom is -0.388 e. The lowest BCUT2D eigenvalue weighted by atomic mass is 10.1. The summed E-state index contributed by atoms with van der Waals surface area (Å²) in [6.45, 7) is 1.02. The minimum atomic E-state index is -0.375. The van der Waals surface area contributed by atoms with Crippen molar-refractivity contribution >= 4 is 17.5 Å². The van der Waals surface area contributed by atoms with E-state index in [1.54, 1.807) is 0 Å². The van der Waals surface area contributed by atoms with Crippen molar-refractivity contribution in [2.45, 2.75) is 6.42 Å². The lowest BCUT2D eigenvalue weighted by molar-refractivity contribution is -0.117. The fourth-order valence-electron chi connectivity index (χ4n) is 1.44. The molecule has 1 amide bonds. The van der Waals surface area contributed by atoms with Crippen molar-refractivity contribution in [3.05, 3.63) is 47.7 Å². The number of benzene rings is 1. The zero-order chi connectivity index (χ0) is 13.9. The van der Waals surface area contributed by atoms with E-state index in [2.05, 4.69) is 10.6 Å². The second-order valence-corrected chi connectivity index (χ2v) is 4.18. The van der Waals surface area contributed by atoms with Crippen molar-refractivity contribution < 1.29 is 4.79 Å². The highest BCUT2D eigenvalue weighted by molar-refractivity contribution is 6.18. The molecule has 2 N–H and O–H groups in total. The normalized spacial score (nSPS) is 10.6. The lowest BCUT2D eigenvalue weighted by Gasteiger charge is -2.04. The van der Waals surface area contributed by atoms with Crippen LogP contribution in [0.2, 0.25) is 0 Å². The van der Waals surface area contributed by atoms with E-state index in [-0.39, 0.29) is 11.5 Å². The molecule has 0 bridgehead atoms. The molecule has 1 aromatic carbocycles. The van der Waals surface area contributed by atoms with Crippen LogP contribution in [-0.2, 0) is 11.2 Å². The summed E-state index contributed by atoms with van der Waals surface area (Å²) in [6, 6.07) is 11.7. The van der Waals surface area contributed by atoms with Crippen molar-refractivity contribution in [2.75, 3.05) is 19.0 Å². The number of amides is 1. The Morgan fingerprint density at radius 2 is 2.05 bits per heavy atom. The molecule has 5 heteroatoms. The van der Waals surface area contributed by atoms with E-state index in [0.29, 0.717) is 19.0 Å². The zero-order valence-electron chi connectivity index (χ0n) is 10.5. The van der Waals surface area contributed by atoms with E-state index in [1.165, 1.54) is 6.20 Å². The van der Waals surface area contributed by atoms with Crippen LogP contribution in [0.15, 0.2) is 42.1 Å². The third kappa shape index (κ3) is 5.94. The average Bonchev–Trinajstić information content (AvgIpc) is 2.44. The van der Waals surface area contributed by atoms with Gasteiger partial charge in [0, 0.05) is 25.2 Å². The van der Waals surface area contributed by atoms with Crippen molar-refractivity contribution in [3.63, 3.8) is 0 Å². The summed E-state index contributed by atoms with van der Waals surface area (Å²) in [4.78, 5) is 11.7. The van der Waals surface area contributed by atoms with E-state index in [0.717, 1.165) is 12.0 Å². The molecule has 0 aliphatic rings. The van der Waals surface area contributed by atoms with Crippen molar-refractivity contribution in [2.24, 2.45) is 0 Å². The first kappa shape index (κ1) is 15.1. The second kappa shape index (κ2) is 9.01. The van der Waals surface area contributed by atoms with Crippen LogP contribution in [0.5, 0.6) is 0 Å². The Bertz CT molecular complexity index is 465. The highest BCUT2D eigenvalue weighted by Gasteiger charge is 2.07. The standard InChI is InChI=1S/C14H16ClN3O/c15-7-9-17-11-13(10-16)14(19)18-8-6-12-4-2-1-3-5-12/h1-5,11,17H,6-9H2,(H,18,19)/b13-11-. The highest BCUT2D eigenvalue weighted by atomic mass is 35.5. The quantitative estimate of drug-likeness (QED) is 0.344. The SMILES string of the molecule is N#C/C(=C/NCCCl)C(=O)NCCc1ccccc1. The summed E-state index contributed by atoms with van der Waals surface area (Å²) in [6.07, 6.45) is 2.13. The van der Waals surface area contributed by atoms with E-state index >= 15 is 0 Å². The van der Waals surface area contributed by atoms with Gasteiger partial charge < -0.3 is 10.6 Å². The number of hydrogen-bond acceptors (Lipinski definition) is 3. The van der Waals surface area contributed by atoms with E-state index in [9.17, 15) is 4.79 Å². The van der Waals surface area contributed by atoms with E-state index in [4.69, 9.17) is 16.9 Å². The molecular weight excluding hydrogens is 262 g/mol. The van der Waals surface area contributed by atoms with Gasteiger partial charge in [0.15, 0.2) is 0 Å². The van der Waals surface area contributed by atoms with Gasteiger partial charge in [-0.15, -0.1) is 11.6 Å². The van der Waals surface area contributed by atoms with Gasteiger partial charge >= 0.3 is 0 Å². The maximum Gasteiger partial charge on any atom is 0.263 e. The summed E-state index contributed by atoms with van der Waals surface area (Å²) in [7, 11) is 0. The topological polar surface area (TPSA) is 64.9 Å². The van der Waals surface area contributed by atoms with Gasteiger partial charge in [0.05, 0.1) is 0 Å². The van der Waals surface area contributed by atoms with E-state index < -0.39 is 0 Å². The predicted molar refractivity (Wildman–Crippen MR) is 75.6 cm³/mol. The Labute approximate surface area is 118 Å². The largest absolute Gasteiger partial charge is 0.388 e. The Balaban J connectivity index is 2.37. The van der Waals surface area contributed by atoms with Crippen LogP contribution in [0.1, 0.15) is 5.56 Å². The number of hydrogen-bond donors (Lipinski definition) is 2. The number of carbonyl (C=O) groups is 1. The Morgan fingerprint density at radius 3 is 2.68 bits per heavy atom. The van der Waals surface area contributed by atoms with Gasteiger partial charge in [0.1, 0.15) is 11.6 Å². The van der Waals surface area contributed by atoms with Gasteiger partial charge in [0.25, 0.3) is 5.91 Å². The smallest absolute Gasteiger partial charge is 0.263 e. The van der Waals surface area contributed by atoms with Crippen molar-refractivity contribution in [1.29, 1.82) is 5.26 Å². The molecule has 0 radical (unpaired) electrons. The zero-order valence-corrected chi connectivity index (χ0v) is 11.3. The molecule has 0 saturated carbocycles. The number of alkyl halides is 1. The number of carbonyl (C=O) groups excluding carboxylic acids is 1. The van der Waals surface area contributed by atoms with Gasteiger partial charge in [-0.25, -0.2) is 0 Å². The van der Waals surface area contributed by atoms with Crippen LogP contribution in [0.25, 0.3) is 0 Å². The molecule has 0 unspecified atom stereocenters. The molecule has 4 nitrogen and oxygen atoms in total. The predicted octanol–water partition coefficient (Wildman–Crippen LogP) is 1.58. The molecule has 1 aromatic rings. The lowest BCUT2D eigenvalue weighted by Crippen LogP contribution is -2.27. The molecule has 0 spiro atoms. The van der Waals surface area contributed by atoms with Gasteiger partial charge in [-0.3, -0.25) is 4.79 Å². The van der Waals surface area contributed by atoms with Gasteiger partial charge in [-0.05, 0) is 12.0 Å². The van der Waals surface area contributed by atoms with Gasteiger partial charge in [-0.1, -0.05) is 30.3 Å². The Hall–Kier alpha value is -1.99. The van der Waals surface area contributed by atoms with Crippen LogP contribution >= 0.6 is 11.6 Å². The molecule has 0 aromatic heterocycles. The summed E-state index contributed by atoms with van der Waals surface area (Å²) in [5.74, 6) is 0.0469. The molecule has 0 saturated heterocycles. The molecule has 0 aliphatic carbocycles. The van der Waals surface area contributed by atoms with Crippen molar-refractivity contribution in [3.8, 4) is 6.07 Å². The first-order chi connectivity index (χ1) is 9.27. The number of halogens is 1. The highest BCUT2D eigenvalue weighted by Crippen LogP contribution is 1.98. The monoisotopic (exact) mass is 277 g/mol. The van der Waals surface area contributed by atoms with Crippen LogP contribution in [0, 0.1) is 11.3 Å². The summed E-state index contributed by atoms with van der Waals surface area (Å²) < 4.78 is 0. The van der Waals surface area contributed by atoms with Gasteiger partial charge in [-0.2, -0.15) is 5.26 Å². The number of nitriles is 1. The van der Waals surface area contributed by atoms with Crippen LogP contribution in [-0.4, -0.2) is 24.9 Å². The second-order valence-electron chi connectivity index (χ2n) is 3.80. The Morgan fingerprint density at radius 1 is 1.32 bits per heavy atom. The molecule has 19 heavy (non-hydrogen) atoms. The molecule has 1 rings (SSSR count). The Kier molecular flexibility index (Phi) is 7.14. The molecule has 100 valence electrons. The molecule has 0 atom stereocenters. The summed E-state index contributed by atoms with van der Waals surface area (Å²) >= 11 is 5.48. The molecule has 0 aliphatic heterocycles. The van der Waals surface area contributed by atoms with E-state index in [1.807, 2.05) is 36.4 Å². The maximum absolute atomic E-state index is 11.7. The maximum atomic E-state index is 11.7. The molecule has 0 fully saturated rings.